The molecule has 2 heteroatoms. The van der Waals surface area contributed by atoms with Crippen LogP contribution in [-0.2, 0) is 0 Å². The van der Waals surface area contributed by atoms with E-state index in [4.69, 9.17) is 0 Å². The van der Waals surface area contributed by atoms with E-state index in [1.807, 2.05) is 0 Å². The maximum atomic E-state index is 4.03. The SMILES string of the molecule is C=C1CC[C@@H](CNCC(C)C)N1C. The Balaban J connectivity index is 2.19. The third-order valence-corrected chi connectivity index (χ3v) is 2.75. The molecule has 0 unspecified atom stereocenters. The van der Waals surface area contributed by atoms with Gasteiger partial charge in [-0.05, 0) is 25.3 Å². The van der Waals surface area contributed by atoms with Gasteiger partial charge in [0.2, 0.25) is 0 Å². The van der Waals surface area contributed by atoms with Crippen LogP contribution in [0.3, 0.4) is 0 Å². The Hall–Kier alpha value is -0.500. The first kappa shape index (κ1) is 10.6. The third kappa shape index (κ3) is 3.03. The zero-order chi connectivity index (χ0) is 9.84. The van der Waals surface area contributed by atoms with Gasteiger partial charge in [0, 0.05) is 25.3 Å². The number of likely N-dealkylation sites (N-methyl/N-ethyl adjacent to an activating group) is 1. The van der Waals surface area contributed by atoms with Crippen molar-refractivity contribution in [2.75, 3.05) is 20.1 Å². The van der Waals surface area contributed by atoms with Crippen molar-refractivity contribution in [3.63, 3.8) is 0 Å². The van der Waals surface area contributed by atoms with E-state index in [0.717, 1.165) is 19.0 Å². The molecule has 1 aliphatic heterocycles. The van der Waals surface area contributed by atoms with Crippen molar-refractivity contribution in [3.8, 4) is 0 Å². The van der Waals surface area contributed by atoms with Crippen LogP contribution in [0.2, 0.25) is 0 Å². The summed E-state index contributed by atoms with van der Waals surface area (Å²) in [5.74, 6) is 0.745. The van der Waals surface area contributed by atoms with Crippen LogP contribution in [0.25, 0.3) is 0 Å². The molecule has 1 rings (SSSR count). The van der Waals surface area contributed by atoms with Crippen molar-refractivity contribution >= 4 is 0 Å². The summed E-state index contributed by atoms with van der Waals surface area (Å²) in [6.07, 6.45) is 2.44. The smallest absolute Gasteiger partial charge is 0.0411 e. The largest absolute Gasteiger partial charge is 0.374 e. The Morgan fingerprint density at radius 3 is 2.77 bits per heavy atom. The van der Waals surface area contributed by atoms with Crippen LogP contribution in [0.15, 0.2) is 12.3 Å². The minimum Gasteiger partial charge on any atom is -0.374 e. The van der Waals surface area contributed by atoms with E-state index in [2.05, 4.69) is 37.7 Å². The second-order valence-corrected chi connectivity index (χ2v) is 4.42. The van der Waals surface area contributed by atoms with Crippen LogP contribution in [0, 0.1) is 5.92 Å². The molecule has 1 N–H and O–H groups in total. The molecule has 13 heavy (non-hydrogen) atoms. The summed E-state index contributed by atoms with van der Waals surface area (Å²) in [5.41, 5.74) is 1.29. The van der Waals surface area contributed by atoms with Crippen LogP contribution >= 0.6 is 0 Å². The number of hydrogen-bond acceptors (Lipinski definition) is 2. The third-order valence-electron chi connectivity index (χ3n) is 2.75. The first-order chi connectivity index (χ1) is 6.11. The lowest BCUT2D eigenvalue weighted by Crippen LogP contribution is -2.36. The van der Waals surface area contributed by atoms with Gasteiger partial charge in [0.05, 0.1) is 0 Å². The fraction of sp³-hybridized carbons (Fsp3) is 0.818. The number of nitrogens with zero attached hydrogens (tertiary/aromatic N) is 1. The lowest BCUT2D eigenvalue weighted by molar-refractivity contribution is 0.333. The molecule has 0 aromatic heterocycles. The molecule has 1 aliphatic rings. The molecular weight excluding hydrogens is 160 g/mol. The first-order valence-electron chi connectivity index (χ1n) is 5.22. The number of likely N-dealkylation sites (tertiary alicyclic amines) is 1. The van der Waals surface area contributed by atoms with Crippen molar-refractivity contribution in [1.82, 2.24) is 10.2 Å². The summed E-state index contributed by atoms with van der Waals surface area (Å²) in [4.78, 5) is 2.31. The molecule has 0 spiro atoms. The highest BCUT2D eigenvalue weighted by molar-refractivity contribution is 5.02. The summed E-state index contributed by atoms with van der Waals surface area (Å²) in [5, 5.41) is 3.49. The predicted molar refractivity (Wildman–Crippen MR) is 57.6 cm³/mol. The lowest BCUT2D eigenvalue weighted by Gasteiger charge is -2.23. The highest BCUT2D eigenvalue weighted by atomic mass is 15.2. The van der Waals surface area contributed by atoms with Crippen LogP contribution in [0.5, 0.6) is 0 Å². The number of rotatable bonds is 4. The average molecular weight is 182 g/mol. The Kier molecular flexibility index (Phi) is 3.79. The van der Waals surface area contributed by atoms with Crippen molar-refractivity contribution in [3.05, 3.63) is 12.3 Å². The second kappa shape index (κ2) is 4.66. The summed E-state index contributed by atoms with van der Waals surface area (Å²) < 4.78 is 0. The van der Waals surface area contributed by atoms with E-state index in [0.29, 0.717) is 6.04 Å². The molecule has 76 valence electrons. The van der Waals surface area contributed by atoms with Gasteiger partial charge < -0.3 is 10.2 Å². The molecule has 0 aromatic rings. The summed E-state index contributed by atoms with van der Waals surface area (Å²) >= 11 is 0. The number of hydrogen-bond donors (Lipinski definition) is 1. The van der Waals surface area contributed by atoms with Crippen LogP contribution < -0.4 is 5.32 Å². The molecule has 2 nitrogen and oxygen atoms in total. The molecule has 0 bridgehead atoms. The van der Waals surface area contributed by atoms with Crippen molar-refractivity contribution < 1.29 is 0 Å². The van der Waals surface area contributed by atoms with E-state index in [1.165, 1.54) is 18.5 Å². The molecule has 0 amide bonds. The van der Waals surface area contributed by atoms with Gasteiger partial charge in [0.15, 0.2) is 0 Å². The molecule has 0 aliphatic carbocycles. The zero-order valence-electron chi connectivity index (χ0n) is 9.14. The minimum atomic E-state index is 0.672. The van der Waals surface area contributed by atoms with E-state index >= 15 is 0 Å². The summed E-state index contributed by atoms with van der Waals surface area (Å²) in [6, 6.07) is 0.672. The Labute approximate surface area is 82.0 Å². The minimum absolute atomic E-state index is 0.672. The lowest BCUT2D eigenvalue weighted by atomic mass is 10.2. The van der Waals surface area contributed by atoms with Gasteiger partial charge in [0.1, 0.15) is 0 Å². The Morgan fingerprint density at radius 2 is 2.31 bits per heavy atom. The fourth-order valence-electron chi connectivity index (χ4n) is 1.74. The van der Waals surface area contributed by atoms with E-state index in [9.17, 15) is 0 Å². The van der Waals surface area contributed by atoms with Gasteiger partial charge in [-0.2, -0.15) is 0 Å². The van der Waals surface area contributed by atoms with Gasteiger partial charge in [-0.1, -0.05) is 20.4 Å². The van der Waals surface area contributed by atoms with Gasteiger partial charge in [-0.25, -0.2) is 0 Å². The molecule has 0 radical (unpaired) electrons. The maximum Gasteiger partial charge on any atom is 0.0411 e. The summed E-state index contributed by atoms with van der Waals surface area (Å²) in [6.45, 7) is 10.7. The van der Waals surface area contributed by atoms with Crippen LogP contribution in [0.1, 0.15) is 26.7 Å². The first-order valence-corrected chi connectivity index (χ1v) is 5.22. The van der Waals surface area contributed by atoms with Gasteiger partial charge in [-0.3, -0.25) is 0 Å². The highest BCUT2D eigenvalue weighted by Gasteiger charge is 2.22. The van der Waals surface area contributed by atoms with Gasteiger partial charge in [-0.15, -0.1) is 0 Å². The maximum absolute atomic E-state index is 4.03. The van der Waals surface area contributed by atoms with Crippen molar-refractivity contribution in [2.24, 2.45) is 5.92 Å². The molecule has 0 aromatic carbocycles. The quantitative estimate of drug-likeness (QED) is 0.713. The van der Waals surface area contributed by atoms with Crippen LogP contribution in [-0.4, -0.2) is 31.1 Å². The summed E-state index contributed by atoms with van der Waals surface area (Å²) in [7, 11) is 2.15. The molecule has 1 saturated heterocycles. The Morgan fingerprint density at radius 1 is 1.62 bits per heavy atom. The molecule has 1 atom stereocenters. The van der Waals surface area contributed by atoms with Crippen LogP contribution in [0.4, 0.5) is 0 Å². The van der Waals surface area contributed by atoms with E-state index in [-0.39, 0.29) is 0 Å². The number of nitrogens with one attached hydrogen (secondary N) is 1. The van der Waals surface area contributed by atoms with Crippen molar-refractivity contribution in [2.45, 2.75) is 32.7 Å². The average Bonchev–Trinajstić information content (AvgIpc) is 2.35. The van der Waals surface area contributed by atoms with Gasteiger partial charge >= 0.3 is 0 Å². The number of allylic oxidation sites excluding steroid dienone is 1. The molecule has 1 fully saturated rings. The monoisotopic (exact) mass is 182 g/mol. The predicted octanol–water partition coefficient (Wildman–Crippen LogP) is 1.84. The molecule has 0 saturated carbocycles. The Bertz CT molecular complexity index is 175. The van der Waals surface area contributed by atoms with E-state index < -0.39 is 0 Å². The molecule has 1 heterocycles. The fourth-order valence-corrected chi connectivity index (χ4v) is 1.74. The highest BCUT2D eigenvalue weighted by Crippen LogP contribution is 2.22. The van der Waals surface area contributed by atoms with Crippen molar-refractivity contribution in [1.29, 1.82) is 0 Å². The van der Waals surface area contributed by atoms with Gasteiger partial charge in [0.25, 0.3) is 0 Å². The second-order valence-electron chi connectivity index (χ2n) is 4.42. The standard InChI is InChI=1S/C11H22N2/c1-9(2)7-12-8-11-6-5-10(3)13(11)4/h9,11-12H,3,5-8H2,1-2,4H3/t11-/m0/s1. The molecular formula is C11H22N2. The normalized spacial score (nSPS) is 23.2. The van der Waals surface area contributed by atoms with E-state index in [1.54, 1.807) is 0 Å². The topological polar surface area (TPSA) is 15.3 Å². The zero-order valence-corrected chi connectivity index (χ0v) is 9.14.